The normalized spacial score (nSPS) is 26.5. The summed E-state index contributed by atoms with van der Waals surface area (Å²) in [6.45, 7) is 3.15. The number of carbonyl (C=O) groups is 1. The second kappa shape index (κ2) is 6.62. The maximum atomic E-state index is 12.3. The summed E-state index contributed by atoms with van der Waals surface area (Å²) in [6, 6.07) is 19.5. The van der Waals surface area contributed by atoms with Crippen LogP contribution in [0.3, 0.4) is 0 Å². The Morgan fingerprint density at radius 2 is 1.84 bits per heavy atom. The van der Waals surface area contributed by atoms with Crippen molar-refractivity contribution in [2.45, 2.75) is 25.4 Å². The summed E-state index contributed by atoms with van der Waals surface area (Å²) >= 11 is 0. The summed E-state index contributed by atoms with van der Waals surface area (Å²) in [4.78, 5) is 20.0. The van der Waals surface area contributed by atoms with Gasteiger partial charge in [-0.05, 0) is 29.2 Å². The minimum atomic E-state index is 0.103. The van der Waals surface area contributed by atoms with Crippen molar-refractivity contribution in [1.82, 2.24) is 9.96 Å². The fraction of sp³-hybridized carbons (Fsp3) is 0.381. The lowest BCUT2D eigenvalue weighted by Crippen LogP contribution is -2.48. The average molecular weight is 336 g/mol. The van der Waals surface area contributed by atoms with Gasteiger partial charge in [-0.1, -0.05) is 48.5 Å². The molecule has 1 amide bonds. The Kier molecular flexibility index (Phi) is 4.32. The fourth-order valence-corrected chi connectivity index (χ4v) is 4.19. The second-order valence-electron chi connectivity index (χ2n) is 7.08. The van der Waals surface area contributed by atoms with Gasteiger partial charge in [0.1, 0.15) is 0 Å². The molecule has 2 aromatic rings. The molecule has 2 heterocycles. The lowest BCUT2D eigenvalue weighted by Gasteiger charge is -2.42. The van der Waals surface area contributed by atoms with E-state index in [1.54, 1.807) is 6.92 Å². The number of piperidine rings is 1. The van der Waals surface area contributed by atoms with Crippen LogP contribution >= 0.6 is 0 Å². The van der Waals surface area contributed by atoms with Gasteiger partial charge in [-0.15, -0.1) is 0 Å². The van der Waals surface area contributed by atoms with Crippen molar-refractivity contribution in [3.8, 4) is 11.1 Å². The van der Waals surface area contributed by atoms with Crippen LogP contribution in [0.1, 0.15) is 24.9 Å². The molecule has 130 valence electrons. The summed E-state index contributed by atoms with van der Waals surface area (Å²) in [6.07, 6.45) is 0.916. The van der Waals surface area contributed by atoms with Gasteiger partial charge < -0.3 is 4.90 Å². The van der Waals surface area contributed by atoms with E-state index < -0.39 is 0 Å². The molecule has 2 aromatic carbocycles. The predicted molar refractivity (Wildman–Crippen MR) is 97.6 cm³/mol. The maximum absolute atomic E-state index is 12.3. The molecule has 25 heavy (non-hydrogen) atoms. The molecule has 0 N–H and O–H groups in total. The van der Waals surface area contributed by atoms with Crippen LogP contribution in [0.15, 0.2) is 54.6 Å². The number of benzene rings is 2. The van der Waals surface area contributed by atoms with E-state index in [9.17, 15) is 4.79 Å². The van der Waals surface area contributed by atoms with Crippen molar-refractivity contribution in [3.63, 3.8) is 0 Å². The van der Waals surface area contributed by atoms with Crippen molar-refractivity contribution >= 4 is 5.91 Å². The molecule has 2 aliphatic rings. The van der Waals surface area contributed by atoms with Crippen molar-refractivity contribution in [1.29, 1.82) is 0 Å². The summed E-state index contributed by atoms with van der Waals surface area (Å²) in [5.41, 5.74) is 3.60. The first-order valence-corrected chi connectivity index (χ1v) is 8.92. The molecule has 4 rings (SSSR count). The second-order valence-corrected chi connectivity index (χ2v) is 7.08. The SMILES string of the molecule is CC(=O)N1C[C@H]2CON(C)[C@H]2C[C@H]1c1cccc(-c2ccccc2)c1. The van der Waals surface area contributed by atoms with Gasteiger partial charge in [0.15, 0.2) is 0 Å². The van der Waals surface area contributed by atoms with E-state index >= 15 is 0 Å². The van der Waals surface area contributed by atoms with E-state index in [0.29, 0.717) is 18.6 Å². The van der Waals surface area contributed by atoms with Gasteiger partial charge in [-0.3, -0.25) is 9.63 Å². The van der Waals surface area contributed by atoms with Gasteiger partial charge in [0.25, 0.3) is 0 Å². The van der Waals surface area contributed by atoms with Crippen LogP contribution < -0.4 is 0 Å². The molecule has 0 spiro atoms. The van der Waals surface area contributed by atoms with Crippen LogP contribution in [0.25, 0.3) is 11.1 Å². The molecule has 3 atom stereocenters. The summed E-state index contributed by atoms with van der Waals surface area (Å²) in [5, 5.41) is 1.98. The molecular weight excluding hydrogens is 312 g/mol. The number of nitrogens with zero attached hydrogens (tertiary/aromatic N) is 2. The Bertz CT molecular complexity index is 762. The van der Waals surface area contributed by atoms with Crippen molar-refractivity contribution < 1.29 is 9.63 Å². The van der Waals surface area contributed by atoms with Crippen LogP contribution in [0.2, 0.25) is 0 Å². The number of hydrogen-bond donors (Lipinski definition) is 0. The van der Waals surface area contributed by atoms with Crippen LogP contribution in [0.5, 0.6) is 0 Å². The standard InChI is InChI=1S/C21H24N2O2/c1-15(24)23-13-19-14-25-22(2)20(19)12-21(23)18-10-6-9-17(11-18)16-7-4-3-5-8-16/h3-11,19-21H,12-14H2,1-2H3/t19-,20-,21-/m0/s1. The quantitative estimate of drug-likeness (QED) is 0.841. The van der Waals surface area contributed by atoms with E-state index in [0.717, 1.165) is 13.0 Å². The van der Waals surface area contributed by atoms with E-state index in [1.165, 1.54) is 16.7 Å². The maximum Gasteiger partial charge on any atom is 0.219 e. The lowest BCUT2D eigenvalue weighted by molar-refractivity contribution is -0.137. The monoisotopic (exact) mass is 336 g/mol. The van der Waals surface area contributed by atoms with Gasteiger partial charge in [0.2, 0.25) is 5.91 Å². The first-order chi connectivity index (χ1) is 12.1. The third kappa shape index (κ3) is 3.08. The Labute approximate surface area is 149 Å². The minimum absolute atomic E-state index is 0.103. The van der Waals surface area contributed by atoms with Crippen molar-refractivity contribution in [3.05, 3.63) is 60.2 Å². The fourth-order valence-electron chi connectivity index (χ4n) is 4.19. The number of rotatable bonds is 2. The first kappa shape index (κ1) is 16.3. The molecule has 0 aromatic heterocycles. The topological polar surface area (TPSA) is 32.8 Å². The van der Waals surface area contributed by atoms with Gasteiger partial charge in [0, 0.05) is 32.5 Å². The molecule has 2 saturated heterocycles. The molecule has 2 aliphatic heterocycles. The Hall–Kier alpha value is -2.17. The van der Waals surface area contributed by atoms with E-state index in [4.69, 9.17) is 4.84 Å². The zero-order chi connectivity index (χ0) is 17.4. The van der Waals surface area contributed by atoms with Crippen LogP contribution in [0, 0.1) is 5.92 Å². The molecular formula is C21H24N2O2. The predicted octanol–water partition coefficient (Wildman–Crippen LogP) is 3.51. The van der Waals surface area contributed by atoms with E-state index in [2.05, 4.69) is 48.5 Å². The van der Waals surface area contributed by atoms with Crippen molar-refractivity contribution in [2.24, 2.45) is 5.92 Å². The third-order valence-corrected chi connectivity index (χ3v) is 5.56. The largest absolute Gasteiger partial charge is 0.335 e. The summed E-state index contributed by atoms with van der Waals surface area (Å²) in [5.74, 6) is 0.547. The molecule has 0 saturated carbocycles. The third-order valence-electron chi connectivity index (χ3n) is 5.56. The molecule has 0 radical (unpaired) electrons. The summed E-state index contributed by atoms with van der Waals surface area (Å²) < 4.78 is 0. The molecule has 4 heteroatoms. The highest BCUT2D eigenvalue weighted by Gasteiger charge is 2.43. The molecule has 0 bridgehead atoms. The Morgan fingerprint density at radius 3 is 2.60 bits per heavy atom. The minimum Gasteiger partial charge on any atom is -0.335 e. The highest BCUT2D eigenvalue weighted by atomic mass is 16.7. The number of fused-ring (bicyclic) bond motifs is 1. The zero-order valence-electron chi connectivity index (χ0n) is 14.8. The highest BCUT2D eigenvalue weighted by molar-refractivity contribution is 5.74. The van der Waals surface area contributed by atoms with Gasteiger partial charge in [-0.2, -0.15) is 5.06 Å². The Balaban J connectivity index is 1.68. The zero-order valence-corrected chi connectivity index (χ0v) is 14.8. The number of hydrogen-bond acceptors (Lipinski definition) is 3. The van der Waals surface area contributed by atoms with Gasteiger partial charge in [0.05, 0.1) is 12.6 Å². The van der Waals surface area contributed by atoms with Gasteiger partial charge >= 0.3 is 0 Å². The van der Waals surface area contributed by atoms with E-state index in [1.807, 2.05) is 23.1 Å². The number of carbonyl (C=O) groups excluding carboxylic acids is 1. The van der Waals surface area contributed by atoms with Gasteiger partial charge in [-0.25, -0.2) is 0 Å². The molecule has 4 nitrogen and oxygen atoms in total. The van der Waals surface area contributed by atoms with Crippen molar-refractivity contribution in [2.75, 3.05) is 20.2 Å². The molecule has 2 fully saturated rings. The average Bonchev–Trinajstić information content (AvgIpc) is 3.02. The smallest absolute Gasteiger partial charge is 0.219 e. The first-order valence-electron chi connectivity index (χ1n) is 8.92. The number of likely N-dealkylation sites (tertiary alicyclic amines) is 1. The Morgan fingerprint density at radius 1 is 1.08 bits per heavy atom. The number of amides is 1. The molecule has 0 unspecified atom stereocenters. The molecule has 0 aliphatic carbocycles. The lowest BCUT2D eigenvalue weighted by atomic mass is 9.85. The van der Waals surface area contributed by atoms with Crippen LogP contribution in [0.4, 0.5) is 0 Å². The highest BCUT2D eigenvalue weighted by Crippen LogP contribution is 2.39. The van der Waals surface area contributed by atoms with Crippen LogP contribution in [-0.2, 0) is 9.63 Å². The van der Waals surface area contributed by atoms with Crippen LogP contribution in [-0.4, -0.2) is 42.1 Å². The summed E-state index contributed by atoms with van der Waals surface area (Å²) in [7, 11) is 2.01. The number of hydroxylamine groups is 2. The van der Waals surface area contributed by atoms with E-state index in [-0.39, 0.29) is 11.9 Å².